The summed E-state index contributed by atoms with van der Waals surface area (Å²) < 4.78 is 24.8. The van der Waals surface area contributed by atoms with Gasteiger partial charge in [-0.15, -0.1) is 0 Å². The standard InChI is InChI=1S/C26H14Cl3FN2O3/c27-15-9-14(10-16(28)11-15)23-7-3-19(34-23)4-8-25(33)31-18-2-6-24-22(13-18)32-26(35-24)20-5-1-17(30)12-21(20)29/h1-13H,(H,31,33)/b8-4+. The van der Waals surface area contributed by atoms with Crippen LogP contribution in [0.4, 0.5) is 10.1 Å². The molecule has 0 fully saturated rings. The summed E-state index contributed by atoms with van der Waals surface area (Å²) in [7, 11) is 0. The molecule has 0 bridgehead atoms. The molecular formula is C26H14Cl3FN2O3. The molecule has 0 aliphatic carbocycles. The number of anilines is 1. The molecular weight excluding hydrogens is 514 g/mol. The first-order chi connectivity index (χ1) is 16.8. The van der Waals surface area contributed by atoms with Crippen molar-refractivity contribution < 1.29 is 18.0 Å². The molecule has 0 atom stereocenters. The number of carbonyl (C=O) groups is 1. The lowest BCUT2D eigenvalue weighted by Crippen LogP contribution is -2.07. The minimum atomic E-state index is -0.451. The Bertz CT molecular complexity index is 1590. The van der Waals surface area contributed by atoms with Gasteiger partial charge in [-0.05, 0) is 72.8 Å². The Hall–Kier alpha value is -3.58. The molecule has 0 unspecified atom stereocenters. The number of fused-ring (bicyclic) bond motifs is 1. The molecule has 174 valence electrons. The first-order valence-electron chi connectivity index (χ1n) is 10.3. The van der Waals surface area contributed by atoms with Crippen LogP contribution in [0.3, 0.4) is 0 Å². The number of aromatic nitrogens is 1. The van der Waals surface area contributed by atoms with Crippen LogP contribution in [0.2, 0.25) is 15.1 Å². The van der Waals surface area contributed by atoms with Crippen molar-refractivity contribution in [3.05, 3.63) is 99.5 Å². The summed E-state index contributed by atoms with van der Waals surface area (Å²) in [5, 5.41) is 3.95. The summed E-state index contributed by atoms with van der Waals surface area (Å²) >= 11 is 18.2. The molecule has 0 radical (unpaired) electrons. The van der Waals surface area contributed by atoms with Crippen LogP contribution in [0.15, 0.2) is 81.6 Å². The summed E-state index contributed by atoms with van der Waals surface area (Å²) in [5.74, 6) is 0.496. The van der Waals surface area contributed by atoms with Crippen LogP contribution in [-0.4, -0.2) is 10.9 Å². The Balaban J connectivity index is 1.29. The smallest absolute Gasteiger partial charge is 0.248 e. The topological polar surface area (TPSA) is 68.3 Å². The van der Waals surface area contributed by atoms with Crippen molar-refractivity contribution >= 4 is 63.6 Å². The first-order valence-corrected chi connectivity index (χ1v) is 11.4. The predicted molar refractivity (Wildman–Crippen MR) is 136 cm³/mol. The number of amides is 1. The predicted octanol–water partition coefficient (Wildman–Crippen LogP) is 8.51. The number of carbonyl (C=O) groups excluding carboxylic acids is 1. The van der Waals surface area contributed by atoms with E-state index in [4.69, 9.17) is 43.6 Å². The Kier molecular flexibility index (Phi) is 6.34. The molecule has 2 heterocycles. The molecule has 9 heteroatoms. The van der Waals surface area contributed by atoms with Gasteiger partial charge in [0.15, 0.2) is 5.58 Å². The number of nitrogens with one attached hydrogen (secondary N) is 1. The van der Waals surface area contributed by atoms with Crippen molar-refractivity contribution in [3.8, 4) is 22.8 Å². The van der Waals surface area contributed by atoms with Crippen LogP contribution in [0.5, 0.6) is 0 Å². The van der Waals surface area contributed by atoms with Gasteiger partial charge in [0, 0.05) is 27.4 Å². The highest BCUT2D eigenvalue weighted by atomic mass is 35.5. The zero-order valence-electron chi connectivity index (χ0n) is 17.7. The van der Waals surface area contributed by atoms with Crippen LogP contribution in [0.1, 0.15) is 5.76 Å². The van der Waals surface area contributed by atoms with Gasteiger partial charge in [-0.1, -0.05) is 34.8 Å². The van der Waals surface area contributed by atoms with Gasteiger partial charge in [0.2, 0.25) is 11.8 Å². The van der Waals surface area contributed by atoms with Crippen molar-refractivity contribution in [2.75, 3.05) is 5.32 Å². The third-order valence-corrected chi connectivity index (χ3v) is 5.74. The van der Waals surface area contributed by atoms with E-state index in [0.717, 1.165) is 5.56 Å². The highest BCUT2D eigenvalue weighted by molar-refractivity contribution is 6.35. The van der Waals surface area contributed by atoms with Crippen LogP contribution < -0.4 is 5.32 Å². The zero-order valence-corrected chi connectivity index (χ0v) is 20.0. The fourth-order valence-corrected chi connectivity index (χ4v) is 4.19. The number of halogens is 4. The number of furan rings is 1. The van der Waals surface area contributed by atoms with Crippen molar-refractivity contribution in [2.45, 2.75) is 0 Å². The quantitative estimate of drug-likeness (QED) is 0.233. The van der Waals surface area contributed by atoms with E-state index in [-0.39, 0.29) is 16.8 Å². The maximum Gasteiger partial charge on any atom is 0.248 e. The third kappa shape index (κ3) is 5.25. The Morgan fingerprint density at radius 1 is 0.914 bits per heavy atom. The maximum atomic E-state index is 13.3. The Morgan fingerprint density at radius 2 is 1.71 bits per heavy atom. The van der Waals surface area contributed by atoms with Gasteiger partial charge in [0.1, 0.15) is 22.9 Å². The van der Waals surface area contributed by atoms with Gasteiger partial charge in [-0.25, -0.2) is 9.37 Å². The Labute approximate surface area is 213 Å². The van der Waals surface area contributed by atoms with E-state index in [0.29, 0.717) is 43.9 Å². The lowest BCUT2D eigenvalue weighted by molar-refractivity contribution is -0.111. The van der Waals surface area contributed by atoms with Crippen LogP contribution >= 0.6 is 34.8 Å². The van der Waals surface area contributed by atoms with Crippen LogP contribution in [0, 0.1) is 5.82 Å². The van der Waals surface area contributed by atoms with E-state index in [2.05, 4.69) is 10.3 Å². The van der Waals surface area contributed by atoms with E-state index >= 15 is 0 Å². The largest absolute Gasteiger partial charge is 0.457 e. The zero-order chi connectivity index (χ0) is 24.5. The van der Waals surface area contributed by atoms with E-state index < -0.39 is 5.82 Å². The van der Waals surface area contributed by atoms with Gasteiger partial charge >= 0.3 is 0 Å². The molecule has 0 saturated carbocycles. The number of hydrogen-bond donors (Lipinski definition) is 1. The summed E-state index contributed by atoms with van der Waals surface area (Å²) in [6.45, 7) is 0. The second kappa shape index (κ2) is 9.58. The second-order valence-electron chi connectivity index (χ2n) is 7.51. The molecule has 0 spiro atoms. The fourth-order valence-electron chi connectivity index (χ4n) is 3.42. The monoisotopic (exact) mass is 526 g/mol. The molecule has 35 heavy (non-hydrogen) atoms. The average molecular weight is 528 g/mol. The van der Waals surface area contributed by atoms with Crippen molar-refractivity contribution in [2.24, 2.45) is 0 Å². The first kappa shape index (κ1) is 23.2. The van der Waals surface area contributed by atoms with Gasteiger partial charge < -0.3 is 14.2 Å². The number of rotatable bonds is 5. The maximum absolute atomic E-state index is 13.3. The molecule has 5 nitrogen and oxygen atoms in total. The van der Waals surface area contributed by atoms with E-state index in [1.165, 1.54) is 24.3 Å². The summed E-state index contributed by atoms with van der Waals surface area (Å²) in [5.41, 5.74) is 2.73. The fraction of sp³-hybridized carbons (Fsp3) is 0. The van der Waals surface area contributed by atoms with E-state index in [1.807, 2.05) is 0 Å². The lowest BCUT2D eigenvalue weighted by Gasteiger charge is -2.01. The Morgan fingerprint density at radius 3 is 2.49 bits per heavy atom. The van der Waals surface area contributed by atoms with Crippen LogP contribution in [0.25, 0.3) is 40.0 Å². The number of benzene rings is 3. The molecule has 1 N–H and O–H groups in total. The van der Waals surface area contributed by atoms with Gasteiger partial charge in [0.05, 0.1) is 10.6 Å². The number of nitrogens with zero attached hydrogens (tertiary/aromatic N) is 1. The molecule has 0 saturated heterocycles. The van der Waals surface area contributed by atoms with Gasteiger partial charge in [0.25, 0.3) is 0 Å². The average Bonchev–Trinajstić information content (AvgIpc) is 3.44. The molecule has 3 aromatic carbocycles. The second-order valence-corrected chi connectivity index (χ2v) is 8.79. The molecule has 1 amide bonds. The molecule has 2 aromatic heterocycles. The summed E-state index contributed by atoms with van der Waals surface area (Å²) in [4.78, 5) is 16.8. The molecule has 0 aliphatic heterocycles. The SMILES string of the molecule is O=C(/C=C/c1ccc(-c2cc(Cl)cc(Cl)c2)o1)Nc1ccc2oc(-c3ccc(F)cc3Cl)nc2c1. The summed E-state index contributed by atoms with van der Waals surface area (Å²) in [6, 6.07) is 17.6. The minimum absolute atomic E-state index is 0.190. The molecule has 0 aliphatic rings. The molecule has 5 rings (SSSR count). The number of oxazole rings is 1. The van der Waals surface area contributed by atoms with Crippen molar-refractivity contribution in [1.29, 1.82) is 0 Å². The molecule has 5 aromatic rings. The van der Waals surface area contributed by atoms with Gasteiger partial charge in [-0.2, -0.15) is 0 Å². The van der Waals surface area contributed by atoms with Gasteiger partial charge in [-0.3, -0.25) is 4.79 Å². The van der Waals surface area contributed by atoms with Crippen LogP contribution in [-0.2, 0) is 4.79 Å². The lowest BCUT2D eigenvalue weighted by atomic mass is 10.2. The highest BCUT2D eigenvalue weighted by Crippen LogP contribution is 2.32. The van der Waals surface area contributed by atoms with Crippen molar-refractivity contribution in [3.63, 3.8) is 0 Å². The van der Waals surface area contributed by atoms with E-state index in [1.54, 1.807) is 54.6 Å². The van der Waals surface area contributed by atoms with E-state index in [9.17, 15) is 9.18 Å². The minimum Gasteiger partial charge on any atom is -0.457 e. The third-order valence-electron chi connectivity index (χ3n) is 4.99. The van der Waals surface area contributed by atoms with Crippen molar-refractivity contribution in [1.82, 2.24) is 4.98 Å². The normalized spacial score (nSPS) is 11.4. The highest BCUT2D eigenvalue weighted by Gasteiger charge is 2.13. The summed E-state index contributed by atoms with van der Waals surface area (Å²) in [6.07, 6.45) is 2.90. The number of hydrogen-bond acceptors (Lipinski definition) is 4.